The lowest BCUT2D eigenvalue weighted by atomic mass is 10.2. The van der Waals surface area contributed by atoms with Crippen molar-refractivity contribution >= 4 is 5.69 Å². The van der Waals surface area contributed by atoms with Crippen LogP contribution in [0.15, 0.2) is 24.3 Å². The molecular weight excluding hydrogens is 226 g/mol. The summed E-state index contributed by atoms with van der Waals surface area (Å²) in [4.78, 5) is 9.97. The van der Waals surface area contributed by atoms with Gasteiger partial charge in [0.2, 0.25) is 0 Å². The first-order chi connectivity index (χ1) is 8.24. The van der Waals surface area contributed by atoms with Crippen molar-refractivity contribution in [1.82, 2.24) is 0 Å². The Bertz CT molecular complexity index is 338. The molecule has 0 fully saturated rings. The molecule has 1 aromatic rings. The van der Waals surface area contributed by atoms with Crippen LogP contribution in [0.2, 0.25) is 0 Å². The molecule has 0 aromatic heterocycles. The van der Waals surface area contributed by atoms with Crippen LogP contribution in [0, 0.1) is 10.1 Å². The quantitative estimate of drug-likeness (QED) is 0.419. The SMILES string of the molecule is O=[N+]([O-])c1ccc(COCCOCCO)cc1. The maximum absolute atomic E-state index is 10.4. The molecule has 0 heterocycles. The second-order valence-corrected chi connectivity index (χ2v) is 3.31. The first-order valence-electron chi connectivity index (χ1n) is 5.23. The van der Waals surface area contributed by atoms with E-state index in [1.165, 1.54) is 12.1 Å². The van der Waals surface area contributed by atoms with Crippen molar-refractivity contribution in [3.63, 3.8) is 0 Å². The third kappa shape index (κ3) is 5.39. The number of benzene rings is 1. The second kappa shape index (κ2) is 7.72. The summed E-state index contributed by atoms with van der Waals surface area (Å²) in [5, 5.41) is 18.9. The molecule has 0 saturated heterocycles. The Labute approximate surface area is 98.9 Å². The summed E-state index contributed by atoms with van der Waals surface area (Å²) in [6, 6.07) is 6.21. The normalized spacial score (nSPS) is 10.4. The number of nitro benzene ring substituents is 1. The summed E-state index contributed by atoms with van der Waals surface area (Å²) >= 11 is 0. The van der Waals surface area contributed by atoms with Crippen LogP contribution in [0.5, 0.6) is 0 Å². The van der Waals surface area contributed by atoms with E-state index in [1.54, 1.807) is 12.1 Å². The van der Waals surface area contributed by atoms with Gasteiger partial charge in [-0.15, -0.1) is 0 Å². The maximum Gasteiger partial charge on any atom is 0.269 e. The lowest BCUT2D eigenvalue weighted by Crippen LogP contribution is -2.07. The van der Waals surface area contributed by atoms with Crippen molar-refractivity contribution in [3.8, 4) is 0 Å². The van der Waals surface area contributed by atoms with Crippen LogP contribution in [0.25, 0.3) is 0 Å². The van der Waals surface area contributed by atoms with Crippen molar-refractivity contribution in [1.29, 1.82) is 0 Å². The van der Waals surface area contributed by atoms with Crippen LogP contribution >= 0.6 is 0 Å². The van der Waals surface area contributed by atoms with Gasteiger partial charge in [0.25, 0.3) is 5.69 Å². The molecule has 6 nitrogen and oxygen atoms in total. The summed E-state index contributed by atoms with van der Waals surface area (Å²) < 4.78 is 10.3. The largest absolute Gasteiger partial charge is 0.394 e. The molecule has 0 aliphatic heterocycles. The van der Waals surface area contributed by atoms with Crippen LogP contribution in [-0.2, 0) is 16.1 Å². The van der Waals surface area contributed by atoms with Crippen molar-refractivity contribution < 1.29 is 19.5 Å². The first-order valence-corrected chi connectivity index (χ1v) is 5.23. The van der Waals surface area contributed by atoms with Crippen LogP contribution < -0.4 is 0 Å². The Morgan fingerprint density at radius 2 is 1.76 bits per heavy atom. The van der Waals surface area contributed by atoms with E-state index in [0.717, 1.165) is 5.56 Å². The molecule has 94 valence electrons. The van der Waals surface area contributed by atoms with Crippen molar-refractivity contribution in [2.24, 2.45) is 0 Å². The Morgan fingerprint density at radius 3 is 2.35 bits per heavy atom. The number of hydrogen-bond acceptors (Lipinski definition) is 5. The van der Waals surface area contributed by atoms with E-state index in [4.69, 9.17) is 14.6 Å². The fraction of sp³-hybridized carbons (Fsp3) is 0.455. The predicted octanol–water partition coefficient (Wildman–Crippen LogP) is 1.12. The Hall–Kier alpha value is -1.50. The topological polar surface area (TPSA) is 81.8 Å². The van der Waals surface area contributed by atoms with Crippen molar-refractivity contribution in [2.75, 3.05) is 26.4 Å². The molecule has 0 unspecified atom stereocenters. The maximum atomic E-state index is 10.4. The number of aliphatic hydroxyl groups is 1. The van der Waals surface area contributed by atoms with Gasteiger partial charge in [-0.05, 0) is 17.7 Å². The minimum absolute atomic E-state index is 0.00233. The van der Waals surface area contributed by atoms with Gasteiger partial charge in [0.05, 0.1) is 38.0 Å². The van der Waals surface area contributed by atoms with Gasteiger partial charge in [-0.25, -0.2) is 0 Å². The molecule has 17 heavy (non-hydrogen) atoms. The minimum Gasteiger partial charge on any atom is -0.394 e. The molecule has 0 saturated carbocycles. The highest BCUT2D eigenvalue weighted by Gasteiger charge is 2.03. The molecule has 1 rings (SSSR count). The molecule has 0 aliphatic rings. The van der Waals surface area contributed by atoms with Gasteiger partial charge in [0, 0.05) is 12.1 Å². The second-order valence-electron chi connectivity index (χ2n) is 3.31. The van der Waals surface area contributed by atoms with Gasteiger partial charge in [0.15, 0.2) is 0 Å². The van der Waals surface area contributed by atoms with Gasteiger partial charge in [-0.2, -0.15) is 0 Å². The summed E-state index contributed by atoms with van der Waals surface area (Å²) in [5.74, 6) is 0. The third-order valence-electron chi connectivity index (χ3n) is 2.02. The zero-order valence-electron chi connectivity index (χ0n) is 9.37. The van der Waals surface area contributed by atoms with Gasteiger partial charge < -0.3 is 14.6 Å². The van der Waals surface area contributed by atoms with Gasteiger partial charge in [0.1, 0.15) is 0 Å². The number of rotatable bonds is 8. The lowest BCUT2D eigenvalue weighted by Gasteiger charge is -2.04. The number of non-ortho nitro benzene ring substituents is 1. The van der Waals surface area contributed by atoms with Crippen LogP contribution in [0.4, 0.5) is 5.69 Å². The first kappa shape index (κ1) is 13.6. The van der Waals surface area contributed by atoms with E-state index < -0.39 is 4.92 Å². The minimum atomic E-state index is -0.437. The van der Waals surface area contributed by atoms with Crippen LogP contribution in [-0.4, -0.2) is 36.5 Å². The fourth-order valence-electron chi connectivity index (χ4n) is 1.19. The molecule has 0 radical (unpaired) electrons. The van der Waals surface area contributed by atoms with E-state index in [9.17, 15) is 10.1 Å². The van der Waals surface area contributed by atoms with Gasteiger partial charge in [-0.1, -0.05) is 0 Å². The summed E-state index contributed by atoms with van der Waals surface area (Å²) in [6.07, 6.45) is 0. The van der Waals surface area contributed by atoms with E-state index in [1.807, 2.05) is 0 Å². The predicted molar refractivity (Wildman–Crippen MR) is 60.7 cm³/mol. The molecule has 0 amide bonds. The Kier molecular flexibility index (Phi) is 6.16. The van der Waals surface area contributed by atoms with E-state index in [-0.39, 0.29) is 12.3 Å². The Morgan fingerprint density at radius 1 is 1.12 bits per heavy atom. The molecule has 6 heteroatoms. The van der Waals surface area contributed by atoms with Crippen molar-refractivity contribution in [2.45, 2.75) is 6.61 Å². The summed E-state index contributed by atoms with van der Waals surface area (Å²) in [7, 11) is 0. The average Bonchev–Trinajstić information content (AvgIpc) is 2.34. The van der Waals surface area contributed by atoms with Crippen molar-refractivity contribution in [3.05, 3.63) is 39.9 Å². The molecule has 0 bridgehead atoms. The van der Waals surface area contributed by atoms with Crippen LogP contribution in [0.1, 0.15) is 5.56 Å². The number of aliphatic hydroxyl groups excluding tert-OH is 1. The van der Waals surface area contributed by atoms with E-state index >= 15 is 0 Å². The van der Waals surface area contributed by atoms with E-state index in [0.29, 0.717) is 26.4 Å². The third-order valence-corrected chi connectivity index (χ3v) is 2.02. The molecule has 1 N–H and O–H groups in total. The van der Waals surface area contributed by atoms with Gasteiger partial charge >= 0.3 is 0 Å². The van der Waals surface area contributed by atoms with Gasteiger partial charge in [-0.3, -0.25) is 10.1 Å². The highest BCUT2D eigenvalue weighted by Crippen LogP contribution is 2.12. The molecule has 0 spiro atoms. The smallest absolute Gasteiger partial charge is 0.269 e. The highest BCUT2D eigenvalue weighted by molar-refractivity contribution is 5.32. The molecule has 1 aromatic carbocycles. The Balaban J connectivity index is 2.21. The number of nitrogens with zero attached hydrogens (tertiary/aromatic N) is 1. The highest BCUT2D eigenvalue weighted by atomic mass is 16.6. The molecule has 0 atom stereocenters. The van der Waals surface area contributed by atoms with E-state index in [2.05, 4.69) is 0 Å². The zero-order valence-corrected chi connectivity index (χ0v) is 9.37. The summed E-state index contributed by atoms with van der Waals surface area (Å²) in [5.41, 5.74) is 0.942. The standard InChI is InChI=1S/C11H15NO5/c13-5-6-16-7-8-17-9-10-1-3-11(4-2-10)12(14)15/h1-4,13H,5-9H2. The summed E-state index contributed by atoms with van der Waals surface area (Å²) in [6.45, 7) is 1.55. The molecule has 0 aliphatic carbocycles. The zero-order chi connectivity index (χ0) is 12.5. The number of nitro groups is 1. The number of ether oxygens (including phenoxy) is 2. The monoisotopic (exact) mass is 241 g/mol. The number of hydrogen-bond donors (Lipinski definition) is 1. The average molecular weight is 241 g/mol. The fourth-order valence-corrected chi connectivity index (χ4v) is 1.19. The molecular formula is C11H15NO5. The lowest BCUT2D eigenvalue weighted by molar-refractivity contribution is -0.384. The van der Waals surface area contributed by atoms with Crippen LogP contribution in [0.3, 0.4) is 0 Å².